The Morgan fingerprint density at radius 1 is 0.809 bits per heavy atom. The Kier molecular flexibility index (Phi) is 7.55. The molecule has 1 heterocycles. The molecule has 2 spiro atoms. The number of piperazine rings is 1. The van der Waals surface area contributed by atoms with Crippen molar-refractivity contribution in [1.29, 1.82) is 0 Å². The molecule has 3 saturated carbocycles. The number of carbonyl (C=O) groups is 1. The molecule has 3 N–H and O–H groups in total. The van der Waals surface area contributed by atoms with E-state index in [1.807, 2.05) is 30.3 Å². The number of rotatable bonds is 7. The first-order valence-electron chi connectivity index (χ1n) is 18.2. The van der Waals surface area contributed by atoms with Crippen LogP contribution in [0.2, 0.25) is 0 Å². The second kappa shape index (κ2) is 11.2. The monoisotopic (exact) mass is 636 g/mol. The van der Waals surface area contributed by atoms with Gasteiger partial charge in [-0.1, -0.05) is 86.7 Å². The molecule has 1 unspecified atom stereocenters. The fraction of sp³-hybridized carbons (Fsp3) is 0.585. The molecule has 250 valence electrons. The van der Waals surface area contributed by atoms with Crippen molar-refractivity contribution in [1.82, 2.24) is 9.80 Å². The lowest BCUT2D eigenvalue weighted by molar-refractivity contribution is -0.177. The molecule has 8 atom stereocenters. The van der Waals surface area contributed by atoms with Crippen molar-refractivity contribution < 1.29 is 20.1 Å². The summed E-state index contributed by atoms with van der Waals surface area (Å²) in [4.78, 5) is 19.7. The number of nitrogens with zero attached hydrogens (tertiary/aromatic N) is 2. The summed E-state index contributed by atoms with van der Waals surface area (Å²) in [5, 5.41) is 33.2. The number of carbonyl (C=O) groups excluding carboxylic acids is 1. The Balaban J connectivity index is 1.17. The van der Waals surface area contributed by atoms with Crippen LogP contribution < -0.4 is 0 Å². The zero-order chi connectivity index (χ0) is 32.7. The Labute approximate surface area is 280 Å². The van der Waals surface area contributed by atoms with Crippen LogP contribution >= 0.6 is 0 Å². The number of aliphatic hydroxyl groups is 3. The lowest BCUT2D eigenvalue weighted by Crippen LogP contribution is -2.67. The number of hydrogen-bond acceptors (Lipinski definition) is 6. The lowest BCUT2D eigenvalue weighted by Gasteiger charge is -2.71. The number of hydrogen-bond donors (Lipinski definition) is 3. The van der Waals surface area contributed by atoms with Crippen LogP contribution in [-0.2, 0) is 0 Å². The van der Waals surface area contributed by atoms with E-state index in [-0.39, 0.29) is 40.7 Å². The van der Waals surface area contributed by atoms with Gasteiger partial charge in [0.05, 0.1) is 18.3 Å². The summed E-state index contributed by atoms with van der Waals surface area (Å²) >= 11 is 0. The van der Waals surface area contributed by atoms with Gasteiger partial charge < -0.3 is 15.3 Å². The third-order valence-corrected chi connectivity index (χ3v) is 14.6. The maximum absolute atomic E-state index is 14.9. The van der Waals surface area contributed by atoms with Gasteiger partial charge in [-0.2, -0.15) is 0 Å². The number of aliphatic hydroxyl groups excluding tert-OH is 2. The predicted octanol–water partition coefficient (Wildman–Crippen LogP) is 5.74. The van der Waals surface area contributed by atoms with Crippen molar-refractivity contribution in [3.05, 3.63) is 84.0 Å². The molecule has 4 fully saturated rings. The summed E-state index contributed by atoms with van der Waals surface area (Å²) < 4.78 is 0. The summed E-state index contributed by atoms with van der Waals surface area (Å²) in [6, 6.07) is 18.4. The highest BCUT2D eigenvalue weighted by Gasteiger charge is 2.74. The SMILES string of the molecule is C[C@]12CC[C@H]3[C@]4(C=C[C@@]5(C=C4C(=O)c4ccc(-c6ccccc6)cc4)CC(O)CC[C@]35C)[C@@H]1CC[C@@]2(O)CN1CCN(CCO)CC1. The molecule has 0 aromatic heterocycles. The van der Waals surface area contributed by atoms with Crippen LogP contribution in [0.25, 0.3) is 11.1 Å². The van der Waals surface area contributed by atoms with Crippen molar-refractivity contribution in [3.63, 3.8) is 0 Å². The van der Waals surface area contributed by atoms with Crippen molar-refractivity contribution in [2.45, 2.75) is 70.5 Å². The van der Waals surface area contributed by atoms with Crippen LogP contribution in [0.1, 0.15) is 69.2 Å². The quantitative estimate of drug-likeness (QED) is 0.266. The van der Waals surface area contributed by atoms with Crippen LogP contribution in [0.5, 0.6) is 0 Å². The Hall–Kier alpha value is -2.61. The normalized spacial score (nSPS) is 41.2. The van der Waals surface area contributed by atoms with E-state index in [0.29, 0.717) is 25.4 Å². The number of allylic oxidation sites excluding steroid dienone is 4. The van der Waals surface area contributed by atoms with Gasteiger partial charge in [0.15, 0.2) is 5.78 Å². The van der Waals surface area contributed by atoms with E-state index in [1.54, 1.807) is 0 Å². The Morgan fingerprint density at radius 3 is 2.17 bits per heavy atom. The van der Waals surface area contributed by atoms with E-state index >= 15 is 0 Å². The van der Waals surface area contributed by atoms with Gasteiger partial charge in [-0.3, -0.25) is 14.6 Å². The highest BCUT2D eigenvalue weighted by Crippen LogP contribution is 2.78. The second-order valence-electron chi connectivity index (χ2n) is 16.4. The summed E-state index contributed by atoms with van der Waals surface area (Å²) in [5.74, 6) is 0.564. The summed E-state index contributed by atoms with van der Waals surface area (Å²) in [5.41, 5.74) is 1.92. The number of fused-ring (bicyclic) bond motifs is 1. The molecule has 7 aliphatic rings. The summed E-state index contributed by atoms with van der Waals surface area (Å²) in [6.07, 6.45) is 12.8. The van der Waals surface area contributed by atoms with Gasteiger partial charge in [0.1, 0.15) is 0 Å². The molecule has 47 heavy (non-hydrogen) atoms. The van der Waals surface area contributed by atoms with Crippen LogP contribution in [0.3, 0.4) is 0 Å². The van der Waals surface area contributed by atoms with Crippen LogP contribution in [0.4, 0.5) is 0 Å². The smallest absolute Gasteiger partial charge is 0.189 e. The highest BCUT2D eigenvalue weighted by molar-refractivity contribution is 6.10. The van der Waals surface area contributed by atoms with Crippen molar-refractivity contribution in [3.8, 4) is 11.1 Å². The van der Waals surface area contributed by atoms with E-state index in [1.165, 1.54) is 0 Å². The third-order valence-electron chi connectivity index (χ3n) is 14.6. The minimum Gasteiger partial charge on any atom is -0.395 e. The van der Waals surface area contributed by atoms with Gasteiger partial charge in [-0.05, 0) is 73.3 Å². The van der Waals surface area contributed by atoms with Gasteiger partial charge in [0.25, 0.3) is 0 Å². The summed E-state index contributed by atoms with van der Waals surface area (Å²) in [7, 11) is 0. The number of ketones is 1. The van der Waals surface area contributed by atoms with Gasteiger partial charge in [-0.15, -0.1) is 0 Å². The summed E-state index contributed by atoms with van der Waals surface area (Å²) in [6.45, 7) is 10.00. The van der Waals surface area contributed by atoms with Crippen molar-refractivity contribution in [2.75, 3.05) is 45.9 Å². The first-order chi connectivity index (χ1) is 22.6. The van der Waals surface area contributed by atoms with Crippen LogP contribution in [-0.4, -0.2) is 88.5 Å². The molecule has 2 aromatic rings. The molecule has 6 aliphatic carbocycles. The number of benzene rings is 2. The molecular weight excluding hydrogens is 584 g/mol. The molecule has 9 rings (SSSR count). The molecule has 2 bridgehead atoms. The molecule has 0 amide bonds. The predicted molar refractivity (Wildman–Crippen MR) is 185 cm³/mol. The number of β-amino-alcohol motifs (C(OH)–C–C–N with tert-alkyl or cyclic N) is 2. The topological polar surface area (TPSA) is 84.2 Å². The molecule has 0 radical (unpaired) electrons. The van der Waals surface area contributed by atoms with E-state index in [4.69, 9.17) is 0 Å². The molecule has 2 aromatic carbocycles. The zero-order valence-corrected chi connectivity index (χ0v) is 28.2. The minimum absolute atomic E-state index is 0.0347. The lowest BCUT2D eigenvalue weighted by atomic mass is 9.32. The van der Waals surface area contributed by atoms with E-state index in [9.17, 15) is 20.1 Å². The fourth-order valence-electron chi connectivity index (χ4n) is 11.9. The number of Topliss-reactive ketones (excluding diaryl/α,β-unsaturated/α-hetero) is 1. The van der Waals surface area contributed by atoms with Gasteiger partial charge in [0, 0.05) is 66.7 Å². The van der Waals surface area contributed by atoms with Gasteiger partial charge >= 0.3 is 0 Å². The average Bonchev–Trinajstić information content (AvgIpc) is 3.35. The largest absolute Gasteiger partial charge is 0.395 e. The standard InChI is InChI=1S/C41H52N2O4/c1-37-15-12-32(45)26-39(37)18-19-41(33(27-39)36(46)31-10-8-30(9-11-31)29-6-4-3-5-7-29)34(37)13-16-38(2)35(41)14-17-40(38,47)28-43-22-20-42(21-23-43)24-25-44/h3-11,18-19,27,32,34-35,44-45,47H,12-17,20-26,28H2,1-2H3/t32?,34-,35-,37-,38+,39+,40-,41-/m1/s1. The van der Waals surface area contributed by atoms with E-state index in [0.717, 1.165) is 87.0 Å². The van der Waals surface area contributed by atoms with Gasteiger partial charge in [-0.25, -0.2) is 0 Å². The molecule has 6 heteroatoms. The molecular formula is C41H52N2O4. The molecule has 1 saturated heterocycles. The third kappa shape index (κ3) is 4.51. The maximum atomic E-state index is 14.9. The fourth-order valence-corrected chi connectivity index (χ4v) is 11.9. The van der Waals surface area contributed by atoms with Crippen LogP contribution in [0, 0.1) is 33.5 Å². The Bertz CT molecular complexity index is 1580. The van der Waals surface area contributed by atoms with Crippen molar-refractivity contribution in [2.24, 2.45) is 33.5 Å². The minimum atomic E-state index is -0.828. The first kappa shape index (κ1) is 31.6. The van der Waals surface area contributed by atoms with E-state index < -0.39 is 11.0 Å². The highest BCUT2D eigenvalue weighted by atomic mass is 16.3. The maximum Gasteiger partial charge on any atom is 0.189 e. The van der Waals surface area contributed by atoms with E-state index in [2.05, 4.69) is 66.1 Å². The van der Waals surface area contributed by atoms with Gasteiger partial charge in [0.2, 0.25) is 0 Å². The first-order valence-corrected chi connectivity index (χ1v) is 18.2. The van der Waals surface area contributed by atoms with Crippen LogP contribution in [0.15, 0.2) is 78.4 Å². The average molecular weight is 637 g/mol. The Morgan fingerprint density at radius 2 is 1.45 bits per heavy atom. The zero-order valence-electron chi connectivity index (χ0n) is 28.2. The second-order valence-corrected chi connectivity index (χ2v) is 16.4. The molecule has 1 aliphatic heterocycles. The van der Waals surface area contributed by atoms with Crippen molar-refractivity contribution >= 4 is 5.78 Å². The molecule has 6 nitrogen and oxygen atoms in total.